The Hall–Kier alpha value is -3.54. The lowest BCUT2D eigenvalue weighted by molar-refractivity contribution is -0.146. The van der Waals surface area contributed by atoms with Crippen LogP contribution in [0.15, 0.2) is 73.3 Å². The number of esters is 1. The maximum Gasteiger partial charge on any atom is 0.328 e. The summed E-state index contributed by atoms with van der Waals surface area (Å²) in [5, 5.41) is 11.7. The van der Waals surface area contributed by atoms with Crippen molar-refractivity contribution in [1.29, 1.82) is 5.41 Å². The highest BCUT2D eigenvalue weighted by atomic mass is 16.5. The molecular weight excluding hydrogens is 428 g/mol. The van der Waals surface area contributed by atoms with E-state index in [4.69, 9.17) is 10.1 Å². The molecule has 0 aliphatic heterocycles. The van der Waals surface area contributed by atoms with E-state index >= 15 is 0 Å². The highest BCUT2D eigenvalue weighted by Crippen LogP contribution is 2.37. The van der Waals surface area contributed by atoms with Crippen molar-refractivity contribution in [3.05, 3.63) is 84.4 Å². The molecule has 0 radical (unpaired) electrons. The van der Waals surface area contributed by atoms with Crippen LogP contribution in [0.4, 0.5) is 0 Å². The first-order chi connectivity index (χ1) is 16.3. The molecule has 2 aromatic rings. The molecule has 0 spiro atoms. The second-order valence-corrected chi connectivity index (χ2v) is 8.42. The van der Waals surface area contributed by atoms with Crippen molar-refractivity contribution in [3.8, 4) is 0 Å². The van der Waals surface area contributed by atoms with Gasteiger partial charge in [-0.2, -0.15) is 0 Å². The lowest BCUT2D eigenvalue weighted by Gasteiger charge is -2.37. The van der Waals surface area contributed by atoms with Gasteiger partial charge in [-0.3, -0.25) is 9.59 Å². The second kappa shape index (κ2) is 12.6. The van der Waals surface area contributed by atoms with Gasteiger partial charge in [-0.05, 0) is 30.7 Å². The second-order valence-electron chi connectivity index (χ2n) is 8.42. The molecule has 0 heterocycles. The summed E-state index contributed by atoms with van der Waals surface area (Å²) in [6, 6.07) is 17.2. The standard InChI is InChI=1S/C28H34N2O4/c1-5-19-28(20(3)6-2,25(29)24(31)22-15-11-8-12-16-22)27(33)30-23(26(32)34-4)18-17-21-13-9-7-10-14-21/h5,7-16,20,23,29H,1,6,17-19H2,2-4H3,(H,30,33)/t20-,23+,28-/m1/s1. The molecule has 0 aromatic heterocycles. The number of carbonyl (C=O) groups excluding carboxylic acids is 3. The van der Waals surface area contributed by atoms with Crippen LogP contribution in [0.5, 0.6) is 0 Å². The predicted octanol–water partition coefficient (Wildman–Crippen LogP) is 4.79. The van der Waals surface area contributed by atoms with E-state index in [1.807, 2.05) is 44.2 Å². The Morgan fingerprint density at radius 2 is 1.68 bits per heavy atom. The first-order valence-corrected chi connectivity index (χ1v) is 11.5. The molecule has 2 aromatic carbocycles. The lowest BCUT2D eigenvalue weighted by Crippen LogP contribution is -2.56. The van der Waals surface area contributed by atoms with Gasteiger partial charge in [0.15, 0.2) is 0 Å². The summed E-state index contributed by atoms with van der Waals surface area (Å²) in [5.41, 5.74) is -0.415. The van der Waals surface area contributed by atoms with Crippen molar-refractivity contribution in [2.24, 2.45) is 11.3 Å². The molecular formula is C28H34N2O4. The van der Waals surface area contributed by atoms with Crippen LogP contribution >= 0.6 is 0 Å². The Morgan fingerprint density at radius 1 is 1.09 bits per heavy atom. The van der Waals surface area contributed by atoms with E-state index in [0.717, 1.165) is 5.56 Å². The molecule has 3 atom stereocenters. The van der Waals surface area contributed by atoms with E-state index in [1.165, 1.54) is 7.11 Å². The van der Waals surface area contributed by atoms with E-state index < -0.39 is 29.1 Å². The van der Waals surface area contributed by atoms with Gasteiger partial charge < -0.3 is 15.5 Å². The number of benzene rings is 2. The van der Waals surface area contributed by atoms with Crippen molar-refractivity contribution in [2.45, 2.75) is 45.6 Å². The van der Waals surface area contributed by atoms with Crippen LogP contribution < -0.4 is 5.32 Å². The number of ketones is 1. The molecule has 0 saturated carbocycles. The first-order valence-electron chi connectivity index (χ1n) is 11.5. The largest absolute Gasteiger partial charge is 0.467 e. The average molecular weight is 463 g/mol. The minimum Gasteiger partial charge on any atom is -0.467 e. The van der Waals surface area contributed by atoms with Gasteiger partial charge in [-0.15, -0.1) is 6.58 Å². The van der Waals surface area contributed by atoms with Gasteiger partial charge in [0.25, 0.3) is 0 Å². The number of hydrogen-bond acceptors (Lipinski definition) is 5. The molecule has 0 aliphatic rings. The fourth-order valence-corrected chi connectivity index (χ4v) is 4.13. The summed E-state index contributed by atoms with van der Waals surface area (Å²) in [6.07, 6.45) is 3.08. The minimum absolute atomic E-state index is 0.0951. The van der Waals surface area contributed by atoms with Crippen LogP contribution in [-0.4, -0.2) is 36.5 Å². The number of nitrogens with one attached hydrogen (secondary N) is 2. The molecule has 2 rings (SSSR count). The lowest BCUT2D eigenvalue weighted by atomic mass is 9.66. The van der Waals surface area contributed by atoms with Gasteiger partial charge in [0.05, 0.1) is 12.8 Å². The maximum absolute atomic E-state index is 13.8. The fourth-order valence-electron chi connectivity index (χ4n) is 4.13. The Kier molecular flexibility index (Phi) is 9.92. The third-order valence-corrected chi connectivity index (χ3v) is 6.39. The molecule has 34 heavy (non-hydrogen) atoms. The molecule has 6 heteroatoms. The number of methoxy groups -OCH3 is 1. The zero-order valence-corrected chi connectivity index (χ0v) is 20.2. The topological polar surface area (TPSA) is 96.3 Å². The van der Waals surface area contributed by atoms with Crippen molar-refractivity contribution in [3.63, 3.8) is 0 Å². The fraction of sp³-hybridized carbons (Fsp3) is 0.357. The number of amides is 1. The number of carbonyl (C=O) groups is 3. The van der Waals surface area contributed by atoms with E-state index in [2.05, 4.69) is 11.9 Å². The number of allylic oxidation sites excluding steroid dienone is 1. The number of Topliss-reactive ketones (excluding diaryl/α,β-unsaturated/α-hetero) is 1. The van der Waals surface area contributed by atoms with Crippen LogP contribution in [0.3, 0.4) is 0 Å². The normalized spacial score (nSPS) is 14.2. The Labute approximate surface area is 201 Å². The number of rotatable bonds is 13. The first kappa shape index (κ1) is 26.7. The summed E-state index contributed by atoms with van der Waals surface area (Å²) in [6.45, 7) is 7.53. The minimum atomic E-state index is -1.47. The van der Waals surface area contributed by atoms with Crippen LogP contribution in [-0.2, 0) is 20.7 Å². The highest BCUT2D eigenvalue weighted by Gasteiger charge is 2.49. The van der Waals surface area contributed by atoms with E-state index in [0.29, 0.717) is 24.8 Å². The zero-order chi connectivity index (χ0) is 25.1. The van der Waals surface area contributed by atoms with E-state index in [9.17, 15) is 14.4 Å². The number of ether oxygens (including phenoxy) is 1. The molecule has 2 N–H and O–H groups in total. The summed E-state index contributed by atoms with van der Waals surface area (Å²) in [7, 11) is 1.27. The van der Waals surface area contributed by atoms with Crippen LogP contribution in [0.2, 0.25) is 0 Å². The van der Waals surface area contributed by atoms with Crippen molar-refractivity contribution >= 4 is 23.4 Å². The van der Waals surface area contributed by atoms with Crippen molar-refractivity contribution < 1.29 is 19.1 Å². The summed E-state index contributed by atoms with van der Waals surface area (Å²) >= 11 is 0. The van der Waals surface area contributed by atoms with Crippen LogP contribution in [0.1, 0.15) is 49.0 Å². The van der Waals surface area contributed by atoms with Crippen LogP contribution in [0.25, 0.3) is 0 Å². The SMILES string of the molecule is C=CC[C@@](C(=N)C(=O)c1ccccc1)(C(=O)N[C@@H](CCc1ccccc1)C(=O)OC)[C@H](C)CC. The summed E-state index contributed by atoms with van der Waals surface area (Å²) in [4.78, 5) is 39.6. The molecule has 180 valence electrons. The molecule has 6 nitrogen and oxygen atoms in total. The molecule has 0 bridgehead atoms. The van der Waals surface area contributed by atoms with E-state index in [1.54, 1.807) is 36.4 Å². The van der Waals surface area contributed by atoms with Gasteiger partial charge in [0.1, 0.15) is 11.5 Å². The average Bonchev–Trinajstić information content (AvgIpc) is 2.88. The molecule has 0 fully saturated rings. The summed E-state index contributed by atoms with van der Waals surface area (Å²) in [5.74, 6) is -1.98. The Balaban J connectivity index is 2.40. The molecule has 1 amide bonds. The predicted molar refractivity (Wildman–Crippen MR) is 134 cm³/mol. The Bertz CT molecular complexity index is 1000. The summed E-state index contributed by atoms with van der Waals surface area (Å²) < 4.78 is 4.94. The third kappa shape index (κ3) is 6.07. The van der Waals surface area contributed by atoms with Gasteiger partial charge in [0.2, 0.25) is 11.7 Å². The maximum atomic E-state index is 13.8. The number of hydrogen-bond donors (Lipinski definition) is 2. The van der Waals surface area contributed by atoms with Gasteiger partial charge in [0, 0.05) is 5.56 Å². The molecule has 0 saturated heterocycles. The smallest absolute Gasteiger partial charge is 0.328 e. The quantitative estimate of drug-likeness (QED) is 0.194. The monoisotopic (exact) mass is 462 g/mol. The third-order valence-electron chi connectivity index (χ3n) is 6.39. The number of aryl methyl sites for hydroxylation is 1. The van der Waals surface area contributed by atoms with Crippen molar-refractivity contribution in [1.82, 2.24) is 5.32 Å². The van der Waals surface area contributed by atoms with Gasteiger partial charge in [-0.1, -0.05) is 87.0 Å². The highest BCUT2D eigenvalue weighted by molar-refractivity contribution is 6.49. The molecule has 0 unspecified atom stereocenters. The van der Waals surface area contributed by atoms with E-state index in [-0.39, 0.29) is 18.1 Å². The van der Waals surface area contributed by atoms with Gasteiger partial charge in [-0.25, -0.2) is 4.79 Å². The van der Waals surface area contributed by atoms with Crippen molar-refractivity contribution in [2.75, 3.05) is 7.11 Å². The van der Waals surface area contributed by atoms with Crippen LogP contribution in [0, 0.1) is 16.7 Å². The molecule has 0 aliphatic carbocycles. The zero-order valence-electron chi connectivity index (χ0n) is 20.2. The Morgan fingerprint density at radius 3 is 2.21 bits per heavy atom. The van der Waals surface area contributed by atoms with Gasteiger partial charge >= 0.3 is 5.97 Å².